The molecular weight excluding hydrogens is 399 g/mol. The number of halogens is 1. The Morgan fingerprint density at radius 1 is 1.10 bits per heavy atom. The van der Waals surface area contributed by atoms with Crippen LogP contribution in [-0.4, -0.2) is 40.8 Å². The second-order valence-electron chi connectivity index (χ2n) is 6.52. The van der Waals surface area contributed by atoms with E-state index in [-0.39, 0.29) is 5.69 Å². The minimum atomic E-state index is -3.92. The van der Waals surface area contributed by atoms with Crippen LogP contribution in [0.2, 0.25) is 0 Å². The number of nitrogens with one attached hydrogen (secondary N) is 1. The molecule has 0 aliphatic rings. The van der Waals surface area contributed by atoms with Crippen LogP contribution in [0.5, 0.6) is 11.5 Å². The molecule has 2 atom stereocenters. The van der Waals surface area contributed by atoms with Crippen molar-refractivity contribution in [2.45, 2.75) is 25.9 Å². The quantitative estimate of drug-likeness (QED) is 0.704. The summed E-state index contributed by atoms with van der Waals surface area (Å²) in [6.07, 6.45) is 0.928. The van der Waals surface area contributed by atoms with E-state index in [1.165, 1.54) is 39.3 Å². The largest absolute Gasteiger partial charge is 0.497 e. The van der Waals surface area contributed by atoms with Gasteiger partial charge >= 0.3 is 0 Å². The number of nitrogens with zero attached hydrogens (tertiary/aromatic N) is 1. The molecule has 2 aromatic carbocycles. The molecule has 158 valence electrons. The van der Waals surface area contributed by atoms with Crippen LogP contribution in [0.1, 0.15) is 25.5 Å². The fourth-order valence-corrected chi connectivity index (χ4v) is 4.18. The highest BCUT2D eigenvalue weighted by molar-refractivity contribution is 7.92. The van der Waals surface area contributed by atoms with Crippen molar-refractivity contribution in [3.63, 3.8) is 0 Å². The fourth-order valence-electron chi connectivity index (χ4n) is 3.00. The average Bonchev–Trinajstić information content (AvgIpc) is 2.67. The summed E-state index contributed by atoms with van der Waals surface area (Å²) in [7, 11) is -0.892. The first-order valence-corrected chi connectivity index (χ1v) is 10.7. The summed E-state index contributed by atoms with van der Waals surface area (Å²) in [4.78, 5) is 12.8. The molecule has 1 amide bonds. The van der Waals surface area contributed by atoms with Crippen LogP contribution < -0.4 is 19.1 Å². The van der Waals surface area contributed by atoms with Crippen LogP contribution in [0.3, 0.4) is 0 Å². The standard InChI is InChI=1S/C20H25FN2O5S/c1-13(16-12-15(27-3)10-11-19(16)28-4)22-20(24)14(2)23(29(5,25)26)18-9-7-6-8-17(18)21/h6-14H,1-5H3,(H,22,24)/t13-,14-/m0/s1. The molecule has 0 aliphatic carbocycles. The minimum Gasteiger partial charge on any atom is -0.497 e. The number of ether oxygens (including phenoxy) is 2. The van der Waals surface area contributed by atoms with Crippen LogP contribution in [0.25, 0.3) is 0 Å². The third-order valence-corrected chi connectivity index (χ3v) is 5.67. The summed E-state index contributed by atoms with van der Waals surface area (Å²) < 4.78 is 50.2. The van der Waals surface area contributed by atoms with Gasteiger partial charge in [0, 0.05) is 5.56 Å². The minimum absolute atomic E-state index is 0.190. The highest BCUT2D eigenvalue weighted by Gasteiger charge is 2.31. The van der Waals surface area contributed by atoms with E-state index < -0.39 is 33.8 Å². The van der Waals surface area contributed by atoms with Crippen molar-refractivity contribution in [1.82, 2.24) is 5.32 Å². The molecule has 0 fully saturated rings. The molecule has 0 unspecified atom stereocenters. The number of para-hydroxylation sites is 1. The van der Waals surface area contributed by atoms with Crippen LogP contribution in [0.15, 0.2) is 42.5 Å². The topological polar surface area (TPSA) is 84.9 Å². The molecule has 1 N–H and O–H groups in total. The Morgan fingerprint density at radius 2 is 1.76 bits per heavy atom. The number of benzene rings is 2. The number of carbonyl (C=O) groups is 1. The molecule has 0 saturated heterocycles. The van der Waals surface area contributed by atoms with E-state index in [1.807, 2.05) is 0 Å². The molecular formula is C20H25FN2O5S. The Morgan fingerprint density at radius 3 is 2.31 bits per heavy atom. The predicted molar refractivity (Wildman–Crippen MR) is 109 cm³/mol. The van der Waals surface area contributed by atoms with E-state index in [2.05, 4.69) is 5.32 Å². The van der Waals surface area contributed by atoms with Crippen molar-refractivity contribution in [2.24, 2.45) is 0 Å². The zero-order chi connectivity index (χ0) is 21.8. The van der Waals surface area contributed by atoms with Gasteiger partial charge in [-0.3, -0.25) is 9.10 Å². The Labute approximate surface area is 170 Å². The monoisotopic (exact) mass is 424 g/mol. The molecule has 0 bridgehead atoms. The normalized spacial score (nSPS) is 13.3. The van der Waals surface area contributed by atoms with E-state index in [1.54, 1.807) is 25.1 Å². The van der Waals surface area contributed by atoms with E-state index in [0.717, 1.165) is 16.6 Å². The van der Waals surface area contributed by atoms with Crippen molar-refractivity contribution in [3.8, 4) is 11.5 Å². The number of amides is 1. The lowest BCUT2D eigenvalue weighted by atomic mass is 10.1. The SMILES string of the molecule is COc1ccc(OC)c([C@H](C)NC(=O)[C@H](C)N(c2ccccc2F)S(C)(=O)=O)c1. The van der Waals surface area contributed by atoms with Crippen LogP contribution >= 0.6 is 0 Å². The zero-order valence-electron chi connectivity index (χ0n) is 17.0. The van der Waals surface area contributed by atoms with E-state index >= 15 is 0 Å². The Hall–Kier alpha value is -2.81. The summed E-state index contributed by atoms with van der Waals surface area (Å²) in [5.41, 5.74) is 0.466. The molecule has 7 nitrogen and oxygen atoms in total. The van der Waals surface area contributed by atoms with Gasteiger partial charge in [0.05, 0.1) is 32.2 Å². The first-order chi connectivity index (χ1) is 13.6. The van der Waals surface area contributed by atoms with Crippen LogP contribution in [0.4, 0.5) is 10.1 Å². The summed E-state index contributed by atoms with van der Waals surface area (Å²) in [6.45, 7) is 3.13. The van der Waals surface area contributed by atoms with Gasteiger partial charge in [0.25, 0.3) is 0 Å². The van der Waals surface area contributed by atoms with Crippen LogP contribution in [0, 0.1) is 5.82 Å². The van der Waals surface area contributed by atoms with Gasteiger partial charge < -0.3 is 14.8 Å². The summed E-state index contributed by atoms with van der Waals surface area (Å²) >= 11 is 0. The first-order valence-electron chi connectivity index (χ1n) is 8.86. The van der Waals surface area contributed by atoms with Crippen molar-refractivity contribution in [2.75, 3.05) is 24.8 Å². The lowest BCUT2D eigenvalue weighted by molar-refractivity contribution is -0.122. The third kappa shape index (κ3) is 5.17. The van der Waals surface area contributed by atoms with Crippen molar-refractivity contribution in [1.29, 1.82) is 0 Å². The number of anilines is 1. The second kappa shape index (κ2) is 9.13. The van der Waals surface area contributed by atoms with E-state index in [0.29, 0.717) is 17.1 Å². The van der Waals surface area contributed by atoms with Crippen LogP contribution in [-0.2, 0) is 14.8 Å². The van der Waals surface area contributed by atoms with Gasteiger partial charge in [-0.05, 0) is 44.2 Å². The van der Waals surface area contributed by atoms with Crippen molar-refractivity contribution >= 4 is 21.6 Å². The number of sulfonamides is 1. The smallest absolute Gasteiger partial charge is 0.244 e. The Kier molecular flexibility index (Phi) is 7.07. The molecule has 2 rings (SSSR count). The first kappa shape index (κ1) is 22.5. The molecule has 0 saturated carbocycles. The highest BCUT2D eigenvalue weighted by Crippen LogP contribution is 2.30. The maximum atomic E-state index is 14.2. The molecule has 0 spiro atoms. The number of carbonyl (C=O) groups excluding carboxylic acids is 1. The number of hydrogen-bond acceptors (Lipinski definition) is 5. The maximum absolute atomic E-state index is 14.2. The molecule has 0 radical (unpaired) electrons. The van der Waals surface area contributed by atoms with Crippen molar-refractivity contribution < 1.29 is 27.1 Å². The second-order valence-corrected chi connectivity index (χ2v) is 8.38. The molecule has 0 heterocycles. The highest BCUT2D eigenvalue weighted by atomic mass is 32.2. The van der Waals surface area contributed by atoms with Gasteiger partial charge in [-0.15, -0.1) is 0 Å². The lowest BCUT2D eigenvalue weighted by Crippen LogP contribution is -2.48. The van der Waals surface area contributed by atoms with E-state index in [9.17, 15) is 17.6 Å². The molecule has 0 aliphatic heterocycles. The van der Waals surface area contributed by atoms with Gasteiger partial charge in [0.2, 0.25) is 15.9 Å². The zero-order valence-corrected chi connectivity index (χ0v) is 17.8. The van der Waals surface area contributed by atoms with Gasteiger partial charge in [0.1, 0.15) is 23.4 Å². The van der Waals surface area contributed by atoms with E-state index in [4.69, 9.17) is 9.47 Å². The Bertz CT molecular complexity index is 981. The molecule has 9 heteroatoms. The Balaban J connectivity index is 2.32. The summed E-state index contributed by atoms with van der Waals surface area (Å²) in [5.74, 6) is -0.199. The number of methoxy groups -OCH3 is 2. The van der Waals surface area contributed by atoms with Gasteiger partial charge in [-0.25, -0.2) is 12.8 Å². The number of hydrogen-bond donors (Lipinski definition) is 1. The third-order valence-electron chi connectivity index (χ3n) is 4.44. The molecule has 0 aromatic heterocycles. The maximum Gasteiger partial charge on any atom is 0.244 e. The summed E-state index contributed by atoms with van der Waals surface area (Å²) in [5, 5.41) is 2.76. The lowest BCUT2D eigenvalue weighted by Gasteiger charge is -2.29. The molecule has 29 heavy (non-hydrogen) atoms. The number of rotatable bonds is 8. The molecule has 2 aromatic rings. The van der Waals surface area contributed by atoms with Gasteiger partial charge in [0.15, 0.2) is 0 Å². The van der Waals surface area contributed by atoms with Gasteiger partial charge in [-0.1, -0.05) is 12.1 Å². The van der Waals surface area contributed by atoms with Gasteiger partial charge in [-0.2, -0.15) is 0 Å². The van der Waals surface area contributed by atoms with Crippen molar-refractivity contribution in [3.05, 3.63) is 53.8 Å². The predicted octanol–water partition coefficient (Wildman–Crippen LogP) is 2.87. The average molecular weight is 424 g/mol. The fraction of sp³-hybridized carbons (Fsp3) is 0.350. The summed E-state index contributed by atoms with van der Waals surface area (Å²) in [6, 6.07) is 8.87.